The molecule has 2 aliphatic carbocycles. The van der Waals surface area contributed by atoms with E-state index in [2.05, 4.69) is 0 Å². The van der Waals surface area contributed by atoms with E-state index >= 15 is 0 Å². The summed E-state index contributed by atoms with van der Waals surface area (Å²) in [6.45, 7) is 2.20. The van der Waals surface area contributed by atoms with Crippen LogP contribution in [0.15, 0.2) is 12.2 Å². The third-order valence-corrected chi connectivity index (χ3v) is 4.87. The lowest BCUT2D eigenvalue weighted by atomic mass is 9.93. The van der Waals surface area contributed by atoms with E-state index in [1.54, 1.807) is 6.92 Å². The van der Waals surface area contributed by atoms with Crippen LogP contribution in [0.25, 0.3) is 0 Å². The highest BCUT2D eigenvalue weighted by atomic mass is 32.2. The van der Waals surface area contributed by atoms with Crippen LogP contribution in [0.5, 0.6) is 0 Å². The molecule has 0 spiro atoms. The van der Waals surface area contributed by atoms with Crippen LogP contribution in [0.3, 0.4) is 0 Å². The third kappa shape index (κ3) is 1.82. The van der Waals surface area contributed by atoms with Gasteiger partial charge in [-0.05, 0) is 25.2 Å². The van der Waals surface area contributed by atoms with Crippen molar-refractivity contribution in [1.29, 1.82) is 0 Å². The Kier molecular flexibility index (Phi) is 3.44. The molecule has 0 radical (unpaired) electrons. The molecule has 1 fully saturated rings. The number of carbonyl (C=O) groups excluding carboxylic acids is 1. The first kappa shape index (κ1) is 11.8. The third-order valence-electron chi connectivity index (χ3n) is 3.32. The second-order valence-electron chi connectivity index (χ2n) is 4.13. The quantitative estimate of drug-likeness (QED) is 0.548. The first-order valence-corrected chi connectivity index (χ1v) is 6.62. The van der Waals surface area contributed by atoms with Gasteiger partial charge in [0.05, 0.1) is 24.9 Å². The Balaban J connectivity index is 2.18. The molecule has 90 valence electrons. The lowest BCUT2D eigenvalue weighted by molar-refractivity contribution is -0.146. The van der Waals surface area contributed by atoms with Gasteiger partial charge in [0.15, 0.2) is 11.1 Å². The molecule has 0 aromatic rings. The van der Waals surface area contributed by atoms with Crippen molar-refractivity contribution in [1.82, 2.24) is 0 Å². The SMILES string of the molecule is CCO[S@](=O)[C@H]1C(C(=O)OC)[C@H]2C=C[C@@H]1C2. The van der Waals surface area contributed by atoms with E-state index in [9.17, 15) is 9.00 Å². The predicted octanol–water partition coefficient (Wildman–Crippen LogP) is 1.05. The predicted molar refractivity (Wildman–Crippen MR) is 59.8 cm³/mol. The Morgan fingerprint density at radius 3 is 2.75 bits per heavy atom. The zero-order valence-electron chi connectivity index (χ0n) is 9.42. The van der Waals surface area contributed by atoms with Crippen LogP contribution in [0, 0.1) is 17.8 Å². The molecule has 0 aromatic carbocycles. The highest BCUT2D eigenvalue weighted by Crippen LogP contribution is 2.46. The Labute approximate surface area is 97.7 Å². The van der Waals surface area contributed by atoms with Crippen molar-refractivity contribution in [3.63, 3.8) is 0 Å². The van der Waals surface area contributed by atoms with Crippen molar-refractivity contribution in [3.05, 3.63) is 12.2 Å². The monoisotopic (exact) mass is 244 g/mol. The fourth-order valence-electron chi connectivity index (χ4n) is 2.68. The summed E-state index contributed by atoms with van der Waals surface area (Å²) in [4.78, 5) is 11.7. The standard InChI is InChI=1S/C11H16O4S/c1-3-15-16(13)10-8-5-4-7(6-8)9(10)11(12)14-2/h4-5,7-10H,3,6H2,1-2H3/t7-,8+,9?,10+,16-/m0/s1. The summed E-state index contributed by atoms with van der Waals surface area (Å²) in [5, 5.41) is -0.234. The Bertz CT molecular complexity index is 339. The average molecular weight is 244 g/mol. The molecule has 1 saturated carbocycles. The topological polar surface area (TPSA) is 52.6 Å². The van der Waals surface area contributed by atoms with Crippen molar-refractivity contribution in [2.45, 2.75) is 18.6 Å². The number of fused-ring (bicyclic) bond motifs is 2. The number of ether oxygens (including phenoxy) is 1. The Morgan fingerprint density at radius 2 is 2.12 bits per heavy atom. The largest absolute Gasteiger partial charge is 0.469 e. The summed E-state index contributed by atoms with van der Waals surface area (Å²) in [5.41, 5.74) is 0. The van der Waals surface area contributed by atoms with Crippen LogP contribution in [-0.4, -0.2) is 29.1 Å². The van der Waals surface area contributed by atoms with Gasteiger partial charge in [-0.3, -0.25) is 8.98 Å². The number of methoxy groups -OCH3 is 1. The number of rotatable bonds is 4. The van der Waals surface area contributed by atoms with Crippen LogP contribution < -0.4 is 0 Å². The molecule has 1 unspecified atom stereocenters. The van der Waals surface area contributed by atoms with Crippen LogP contribution >= 0.6 is 0 Å². The van der Waals surface area contributed by atoms with Crippen LogP contribution in [0.2, 0.25) is 0 Å². The number of hydrogen-bond donors (Lipinski definition) is 0. The van der Waals surface area contributed by atoms with Crippen LogP contribution in [-0.2, 0) is 24.8 Å². The minimum atomic E-state index is -1.40. The molecule has 16 heavy (non-hydrogen) atoms. The van der Waals surface area contributed by atoms with Gasteiger partial charge >= 0.3 is 5.97 Å². The van der Waals surface area contributed by atoms with Gasteiger partial charge in [-0.25, -0.2) is 4.21 Å². The van der Waals surface area contributed by atoms with E-state index in [0.717, 1.165) is 6.42 Å². The zero-order chi connectivity index (χ0) is 11.7. The number of allylic oxidation sites excluding steroid dienone is 2. The van der Waals surface area contributed by atoms with Gasteiger partial charge in [-0.1, -0.05) is 12.2 Å². The molecular weight excluding hydrogens is 228 g/mol. The Morgan fingerprint density at radius 1 is 1.44 bits per heavy atom. The Hall–Kier alpha value is -0.680. The summed E-state index contributed by atoms with van der Waals surface area (Å²) < 4.78 is 21.8. The van der Waals surface area contributed by atoms with E-state index in [4.69, 9.17) is 8.92 Å². The van der Waals surface area contributed by atoms with E-state index in [1.165, 1.54) is 7.11 Å². The first-order chi connectivity index (χ1) is 7.69. The van der Waals surface area contributed by atoms with Gasteiger partial charge in [0.2, 0.25) is 0 Å². The normalized spacial score (nSPS) is 37.6. The molecule has 4 nitrogen and oxygen atoms in total. The van der Waals surface area contributed by atoms with Crippen molar-refractivity contribution >= 4 is 17.0 Å². The number of carbonyl (C=O) groups is 1. The molecule has 0 saturated heterocycles. The second kappa shape index (κ2) is 4.67. The highest BCUT2D eigenvalue weighted by molar-refractivity contribution is 7.81. The van der Waals surface area contributed by atoms with E-state index in [0.29, 0.717) is 6.61 Å². The molecule has 2 aliphatic rings. The van der Waals surface area contributed by atoms with Gasteiger partial charge in [0.1, 0.15) is 0 Å². The van der Waals surface area contributed by atoms with Crippen LogP contribution in [0.1, 0.15) is 13.3 Å². The maximum Gasteiger partial charge on any atom is 0.310 e. The van der Waals surface area contributed by atoms with Crippen molar-refractivity contribution in [2.24, 2.45) is 17.8 Å². The van der Waals surface area contributed by atoms with Crippen molar-refractivity contribution < 1.29 is 17.9 Å². The summed E-state index contributed by atoms with van der Waals surface area (Å²) in [6.07, 6.45) is 4.97. The van der Waals surface area contributed by atoms with Gasteiger partial charge in [-0.2, -0.15) is 0 Å². The summed E-state index contributed by atoms with van der Waals surface area (Å²) >= 11 is -1.40. The maximum absolute atomic E-state index is 11.9. The minimum absolute atomic E-state index is 0.173. The van der Waals surface area contributed by atoms with Gasteiger partial charge in [0, 0.05) is 0 Å². The van der Waals surface area contributed by atoms with Crippen molar-refractivity contribution in [3.8, 4) is 0 Å². The van der Waals surface area contributed by atoms with E-state index in [1.807, 2.05) is 12.2 Å². The molecule has 2 bridgehead atoms. The molecule has 5 heteroatoms. The summed E-state index contributed by atoms with van der Waals surface area (Å²) in [6, 6.07) is 0. The molecule has 0 aliphatic heterocycles. The average Bonchev–Trinajstić information content (AvgIpc) is 2.87. The molecular formula is C11H16O4S. The fraction of sp³-hybridized carbons (Fsp3) is 0.727. The molecule has 2 rings (SSSR count). The lowest BCUT2D eigenvalue weighted by Gasteiger charge is -2.24. The smallest absolute Gasteiger partial charge is 0.310 e. The first-order valence-electron chi connectivity index (χ1n) is 5.49. The molecule has 0 N–H and O–H groups in total. The molecule has 5 atom stereocenters. The molecule has 0 aromatic heterocycles. The van der Waals surface area contributed by atoms with E-state index in [-0.39, 0.29) is 29.0 Å². The maximum atomic E-state index is 11.9. The molecule has 0 amide bonds. The van der Waals surface area contributed by atoms with Gasteiger partial charge < -0.3 is 4.74 Å². The minimum Gasteiger partial charge on any atom is -0.469 e. The number of hydrogen-bond acceptors (Lipinski definition) is 4. The van der Waals surface area contributed by atoms with Crippen LogP contribution in [0.4, 0.5) is 0 Å². The van der Waals surface area contributed by atoms with Gasteiger partial charge in [0.25, 0.3) is 0 Å². The summed E-state index contributed by atoms with van der Waals surface area (Å²) in [5.74, 6) is -0.198. The highest BCUT2D eigenvalue weighted by Gasteiger charge is 2.52. The zero-order valence-corrected chi connectivity index (χ0v) is 10.2. The van der Waals surface area contributed by atoms with Crippen molar-refractivity contribution in [2.75, 3.05) is 13.7 Å². The van der Waals surface area contributed by atoms with E-state index < -0.39 is 11.1 Å². The number of esters is 1. The summed E-state index contributed by atoms with van der Waals surface area (Å²) in [7, 11) is 1.37. The second-order valence-corrected chi connectivity index (χ2v) is 5.43. The van der Waals surface area contributed by atoms with Gasteiger partial charge in [-0.15, -0.1) is 0 Å². The molecule has 0 heterocycles. The fourth-order valence-corrected chi connectivity index (χ4v) is 4.11. The lowest BCUT2D eigenvalue weighted by Crippen LogP contribution is -2.36.